The molecular weight excluding hydrogens is 230 g/mol. The van der Waals surface area contributed by atoms with Gasteiger partial charge in [-0.15, -0.1) is 0 Å². The normalized spacial score (nSPS) is 11.0. The summed E-state index contributed by atoms with van der Waals surface area (Å²) >= 11 is 0. The molecule has 1 rings (SSSR count). The van der Waals surface area contributed by atoms with Gasteiger partial charge in [-0.25, -0.2) is 4.98 Å². The van der Waals surface area contributed by atoms with Crippen molar-refractivity contribution in [3.63, 3.8) is 0 Å². The second-order valence-corrected chi connectivity index (χ2v) is 4.17. The average Bonchev–Trinajstić information content (AvgIpc) is 2.82. The molecule has 0 amide bonds. The van der Waals surface area contributed by atoms with Crippen molar-refractivity contribution < 1.29 is 9.47 Å². The molecular formula is C13H25N3O2. The smallest absolute Gasteiger partial charge is 0.122 e. The summed E-state index contributed by atoms with van der Waals surface area (Å²) < 4.78 is 12.6. The molecule has 0 saturated heterocycles. The molecule has 5 nitrogen and oxygen atoms in total. The van der Waals surface area contributed by atoms with Crippen molar-refractivity contribution >= 4 is 0 Å². The Hall–Kier alpha value is -0.910. The van der Waals surface area contributed by atoms with E-state index in [-0.39, 0.29) is 0 Å². The predicted octanol–water partition coefficient (Wildman–Crippen LogP) is 1.44. The second-order valence-electron chi connectivity index (χ2n) is 4.17. The van der Waals surface area contributed by atoms with Crippen LogP contribution in [-0.2, 0) is 22.6 Å². The van der Waals surface area contributed by atoms with Gasteiger partial charge in [0.2, 0.25) is 0 Å². The quantitative estimate of drug-likeness (QED) is 0.608. The maximum Gasteiger partial charge on any atom is 0.122 e. The third-order valence-corrected chi connectivity index (χ3v) is 2.63. The molecule has 0 aliphatic carbocycles. The maximum absolute atomic E-state index is 5.54. The Kier molecular flexibility index (Phi) is 8.46. The topological polar surface area (TPSA) is 48.3 Å². The Labute approximate surface area is 109 Å². The Bertz CT molecular complexity index is 302. The van der Waals surface area contributed by atoms with Crippen LogP contribution < -0.4 is 5.32 Å². The molecule has 0 aliphatic heterocycles. The van der Waals surface area contributed by atoms with E-state index in [0.717, 1.165) is 58.1 Å². The zero-order chi connectivity index (χ0) is 13.1. The van der Waals surface area contributed by atoms with Gasteiger partial charge >= 0.3 is 0 Å². The fraction of sp³-hybridized carbons (Fsp3) is 0.769. The number of rotatable bonds is 11. The van der Waals surface area contributed by atoms with E-state index in [9.17, 15) is 0 Å². The van der Waals surface area contributed by atoms with Crippen molar-refractivity contribution in [1.29, 1.82) is 0 Å². The molecule has 1 N–H and O–H groups in total. The van der Waals surface area contributed by atoms with Crippen molar-refractivity contribution in [2.24, 2.45) is 0 Å². The standard InChI is InChI=1S/C13H25N3O2/c1-3-5-14-12-13-15-6-7-16(13)8-11-18-10-4-9-17-2/h6-7,14H,3-5,8-12H2,1-2H3. The molecule has 0 saturated carbocycles. The lowest BCUT2D eigenvalue weighted by Gasteiger charge is -2.09. The van der Waals surface area contributed by atoms with Crippen LogP contribution in [0.3, 0.4) is 0 Å². The molecule has 0 aliphatic rings. The van der Waals surface area contributed by atoms with Crippen LogP contribution in [0.1, 0.15) is 25.6 Å². The van der Waals surface area contributed by atoms with Gasteiger partial charge in [-0.3, -0.25) is 0 Å². The summed E-state index contributed by atoms with van der Waals surface area (Å²) in [6.07, 6.45) is 5.93. The molecule has 1 heterocycles. The van der Waals surface area contributed by atoms with Crippen LogP contribution in [-0.4, -0.2) is 43.0 Å². The van der Waals surface area contributed by atoms with Crippen molar-refractivity contribution in [3.8, 4) is 0 Å². The average molecular weight is 255 g/mol. The van der Waals surface area contributed by atoms with Crippen molar-refractivity contribution in [1.82, 2.24) is 14.9 Å². The van der Waals surface area contributed by atoms with E-state index in [1.165, 1.54) is 0 Å². The summed E-state index contributed by atoms with van der Waals surface area (Å²) in [7, 11) is 1.71. The Morgan fingerprint density at radius 2 is 2.22 bits per heavy atom. The molecule has 1 aromatic heterocycles. The zero-order valence-electron chi connectivity index (χ0n) is 11.5. The van der Waals surface area contributed by atoms with Crippen molar-refractivity contribution in [2.75, 3.05) is 33.5 Å². The summed E-state index contributed by atoms with van der Waals surface area (Å²) in [4.78, 5) is 4.34. The molecule has 5 heteroatoms. The van der Waals surface area contributed by atoms with Gasteiger partial charge in [-0.2, -0.15) is 0 Å². The lowest BCUT2D eigenvalue weighted by Crippen LogP contribution is -2.18. The van der Waals surface area contributed by atoms with Gasteiger partial charge in [-0.05, 0) is 19.4 Å². The van der Waals surface area contributed by atoms with Gasteiger partial charge in [0.25, 0.3) is 0 Å². The first-order valence-electron chi connectivity index (χ1n) is 6.66. The van der Waals surface area contributed by atoms with Crippen LogP contribution in [0.4, 0.5) is 0 Å². The van der Waals surface area contributed by atoms with E-state index in [1.54, 1.807) is 7.11 Å². The third-order valence-electron chi connectivity index (χ3n) is 2.63. The van der Waals surface area contributed by atoms with Crippen LogP contribution in [0.5, 0.6) is 0 Å². The molecule has 0 spiro atoms. The third kappa shape index (κ3) is 6.14. The number of nitrogens with one attached hydrogen (secondary N) is 1. The molecule has 1 aromatic rings. The lowest BCUT2D eigenvalue weighted by atomic mass is 10.4. The summed E-state index contributed by atoms with van der Waals surface area (Å²) in [6, 6.07) is 0. The molecule has 0 radical (unpaired) electrons. The first-order valence-corrected chi connectivity index (χ1v) is 6.66. The molecule has 104 valence electrons. The minimum absolute atomic E-state index is 0.723. The number of hydrogen-bond acceptors (Lipinski definition) is 4. The van der Waals surface area contributed by atoms with Gasteiger partial charge in [0.05, 0.1) is 13.2 Å². The fourth-order valence-electron chi connectivity index (χ4n) is 1.66. The lowest BCUT2D eigenvalue weighted by molar-refractivity contribution is 0.0972. The fourth-order valence-corrected chi connectivity index (χ4v) is 1.66. The number of ether oxygens (including phenoxy) is 2. The molecule has 18 heavy (non-hydrogen) atoms. The van der Waals surface area contributed by atoms with E-state index < -0.39 is 0 Å². The largest absolute Gasteiger partial charge is 0.385 e. The van der Waals surface area contributed by atoms with E-state index in [1.807, 2.05) is 12.4 Å². The Morgan fingerprint density at radius 3 is 3.00 bits per heavy atom. The number of methoxy groups -OCH3 is 1. The number of aromatic nitrogens is 2. The second kappa shape index (κ2) is 10.1. The molecule has 0 unspecified atom stereocenters. The summed E-state index contributed by atoms with van der Waals surface area (Å²) in [5, 5.41) is 3.36. The van der Waals surface area contributed by atoms with Gasteiger partial charge in [0, 0.05) is 39.3 Å². The van der Waals surface area contributed by atoms with Crippen LogP contribution in [0.25, 0.3) is 0 Å². The molecule has 0 atom stereocenters. The van der Waals surface area contributed by atoms with Crippen LogP contribution in [0.15, 0.2) is 12.4 Å². The van der Waals surface area contributed by atoms with Gasteiger partial charge in [-0.1, -0.05) is 6.92 Å². The minimum atomic E-state index is 0.723. The summed E-state index contributed by atoms with van der Waals surface area (Å²) in [6.45, 7) is 7.11. The number of imidazole rings is 1. The van der Waals surface area contributed by atoms with E-state index in [2.05, 4.69) is 21.8 Å². The van der Waals surface area contributed by atoms with Gasteiger partial charge in [0.1, 0.15) is 5.82 Å². The highest BCUT2D eigenvalue weighted by Gasteiger charge is 2.01. The monoisotopic (exact) mass is 255 g/mol. The minimum Gasteiger partial charge on any atom is -0.385 e. The number of nitrogens with zero attached hydrogens (tertiary/aromatic N) is 2. The van der Waals surface area contributed by atoms with Crippen LogP contribution in [0, 0.1) is 0 Å². The maximum atomic E-state index is 5.54. The first kappa shape index (κ1) is 15.1. The van der Waals surface area contributed by atoms with Crippen molar-refractivity contribution in [3.05, 3.63) is 18.2 Å². The predicted molar refractivity (Wildman–Crippen MR) is 71.5 cm³/mol. The van der Waals surface area contributed by atoms with Crippen LogP contribution >= 0.6 is 0 Å². The number of hydrogen-bond donors (Lipinski definition) is 1. The van der Waals surface area contributed by atoms with Crippen molar-refractivity contribution in [2.45, 2.75) is 32.9 Å². The first-order chi connectivity index (χ1) is 8.88. The SMILES string of the molecule is CCCNCc1nccn1CCOCCCOC. The van der Waals surface area contributed by atoms with Gasteiger partial charge < -0.3 is 19.4 Å². The highest BCUT2D eigenvalue weighted by molar-refractivity contribution is 4.91. The molecule has 0 fully saturated rings. The molecule has 0 aromatic carbocycles. The van der Waals surface area contributed by atoms with Crippen LogP contribution in [0.2, 0.25) is 0 Å². The van der Waals surface area contributed by atoms with E-state index in [4.69, 9.17) is 9.47 Å². The van der Waals surface area contributed by atoms with E-state index >= 15 is 0 Å². The Balaban J connectivity index is 2.15. The highest BCUT2D eigenvalue weighted by atomic mass is 16.5. The Morgan fingerprint density at radius 1 is 1.33 bits per heavy atom. The van der Waals surface area contributed by atoms with E-state index in [0.29, 0.717) is 0 Å². The zero-order valence-corrected chi connectivity index (χ0v) is 11.5. The summed E-state index contributed by atoms with van der Waals surface area (Å²) in [5.74, 6) is 1.07. The molecule has 0 bridgehead atoms. The summed E-state index contributed by atoms with van der Waals surface area (Å²) in [5.41, 5.74) is 0. The highest BCUT2D eigenvalue weighted by Crippen LogP contribution is 1.98. The van der Waals surface area contributed by atoms with Gasteiger partial charge in [0.15, 0.2) is 0 Å².